The van der Waals surface area contributed by atoms with E-state index in [0.29, 0.717) is 18.8 Å². The zero-order chi connectivity index (χ0) is 13.0. The lowest BCUT2D eigenvalue weighted by atomic mass is 10.2. The summed E-state index contributed by atoms with van der Waals surface area (Å²) in [5, 5.41) is 0. The van der Waals surface area contributed by atoms with Crippen molar-refractivity contribution in [2.75, 3.05) is 12.8 Å². The number of methoxy groups -OCH3 is 1. The van der Waals surface area contributed by atoms with Crippen LogP contribution in [-0.2, 0) is 16.1 Å². The van der Waals surface area contributed by atoms with Gasteiger partial charge in [-0.3, -0.25) is 4.79 Å². The van der Waals surface area contributed by atoms with Crippen LogP contribution in [0.3, 0.4) is 0 Å². The van der Waals surface area contributed by atoms with Crippen LogP contribution in [0.2, 0.25) is 0 Å². The molecule has 0 saturated heterocycles. The average Bonchev–Trinajstić information content (AvgIpc) is 2.84. The van der Waals surface area contributed by atoms with Crippen molar-refractivity contribution in [2.24, 2.45) is 0 Å². The van der Waals surface area contributed by atoms with Crippen LogP contribution in [-0.4, -0.2) is 27.6 Å². The molecular formula is C12H14N4O2. The van der Waals surface area contributed by atoms with Gasteiger partial charge >= 0.3 is 5.97 Å². The van der Waals surface area contributed by atoms with Gasteiger partial charge in [0, 0.05) is 18.3 Å². The van der Waals surface area contributed by atoms with E-state index in [2.05, 4.69) is 14.7 Å². The largest absolute Gasteiger partial charge is 0.469 e. The minimum atomic E-state index is -0.246. The normalized spacial score (nSPS) is 10.3. The molecule has 0 aliphatic carbocycles. The zero-order valence-corrected chi connectivity index (χ0v) is 10.0. The predicted octanol–water partition coefficient (Wildman–Crippen LogP) is 1.09. The van der Waals surface area contributed by atoms with Gasteiger partial charge in [-0.05, 0) is 12.1 Å². The number of hydrogen-bond acceptors (Lipinski definition) is 5. The first-order valence-corrected chi connectivity index (χ1v) is 5.49. The number of pyridine rings is 1. The molecule has 6 heteroatoms. The van der Waals surface area contributed by atoms with Crippen LogP contribution in [0, 0.1) is 0 Å². The molecule has 6 nitrogen and oxygen atoms in total. The fraction of sp³-hybridized carbons (Fsp3) is 0.250. The van der Waals surface area contributed by atoms with Crippen molar-refractivity contribution in [1.82, 2.24) is 14.5 Å². The molecule has 18 heavy (non-hydrogen) atoms. The molecule has 0 bridgehead atoms. The number of nitrogens with two attached hydrogens (primary N) is 1. The highest BCUT2D eigenvalue weighted by Gasteiger charge is 2.07. The SMILES string of the molecule is COC(=O)CCn1cncc1-c1ccnc(N)c1. The fourth-order valence-corrected chi connectivity index (χ4v) is 1.66. The van der Waals surface area contributed by atoms with Crippen LogP contribution < -0.4 is 5.73 Å². The van der Waals surface area contributed by atoms with E-state index in [4.69, 9.17) is 5.73 Å². The summed E-state index contributed by atoms with van der Waals surface area (Å²) in [6.45, 7) is 0.518. The molecule has 0 aliphatic heterocycles. The summed E-state index contributed by atoms with van der Waals surface area (Å²) in [5.41, 5.74) is 7.46. The Bertz CT molecular complexity index is 551. The number of aryl methyl sites for hydroxylation is 1. The molecule has 0 aliphatic rings. The Morgan fingerprint density at radius 3 is 3.11 bits per heavy atom. The quantitative estimate of drug-likeness (QED) is 0.816. The number of carbonyl (C=O) groups is 1. The van der Waals surface area contributed by atoms with E-state index in [1.807, 2.05) is 10.6 Å². The summed E-state index contributed by atoms with van der Waals surface area (Å²) in [5.74, 6) is 0.206. The highest BCUT2D eigenvalue weighted by molar-refractivity contribution is 5.69. The van der Waals surface area contributed by atoms with E-state index in [-0.39, 0.29) is 5.97 Å². The summed E-state index contributed by atoms with van der Waals surface area (Å²) in [7, 11) is 1.38. The maximum atomic E-state index is 11.1. The van der Waals surface area contributed by atoms with Crippen molar-refractivity contribution in [1.29, 1.82) is 0 Å². The van der Waals surface area contributed by atoms with Crippen molar-refractivity contribution in [2.45, 2.75) is 13.0 Å². The molecule has 0 spiro atoms. The van der Waals surface area contributed by atoms with Crippen molar-refractivity contribution in [3.63, 3.8) is 0 Å². The van der Waals surface area contributed by atoms with Gasteiger partial charge in [0.2, 0.25) is 0 Å². The minimum absolute atomic E-state index is 0.246. The van der Waals surface area contributed by atoms with E-state index >= 15 is 0 Å². The summed E-state index contributed by atoms with van der Waals surface area (Å²) in [4.78, 5) is 19.1. The molecule has 0 radical (unpaired) electrons. The van der Waals surface area contributed by atoms with Crippen LogP contribution in [0.1, 0.15) is 6.42 Å². The summed E-state index contributed by atoms with van der Waals surface area (Å²) in [6.07, 6.45) is 5.35. The number of ether oxygens (including phenoxy) is 1. The van der Waals surface area contributed by atoms with Gasteiger partial charge in [-0.1, -0.05) is 0 Å². The molecular weight excluding hydrogens is 232 g/mol. The van der Waals surface area contributed by atoms with Gasteiger partial charge in [0.05, 0.1) is 31.7 Å². The van der Waals surface area contributed by atoms with Crippen molar-refractivity contribution in [3.8, 4) is 11.3 Å². The molecule has 94 valence electrons. The zero-order valence-electron chi connectivity index (χ0n) is 10.0. The molecule has 0 saturated carbocycles. The van der Waals surface area contributed by atoms with Crippen LogP contribution in [0.25, 0.3) is 11.3 Å². The van der Waals surface area contributed by atoms with Gasteiger partial charge < -0.3 is 15.0 Å². The lowest BCUT2D eigenvalue weighted by molar-refractivity contribution is -0.140. The summed E-state index contributed by atoms with van der Waals surface area (Å²) in [6, 6.07) is 3.62. The molecule has 0 unspecified atom stereocenters. The Balaban J connectivity index is 2.20. The molecule has 2 heterocycles. The lowest BCUT2D eigenvalue weighted by Crippen LogP contribution is -2.07. The van der Waals surface area contributed by atoms with Crippen LogP contribution in [0.15, 0.2) is 30.9 Å². The first kappa shape index (κ1) is 12.1. The Hall–Kier alpha value is -2.37. The van der Waals surface area contributed by atoms with Crippen LogP contribution in [0.4, 0.5) is 5.82 Å². The number of nitrogens with zero attached hydrogens (tertiary/aromatic N) is 3. The molecule has 0 amide bonds. The van der Waals surface area contributed by atoms with Gasteiger partial charge in [-0.2, -0.15) is 0 Å². The number of nitrogen functional groups attached to an aromatic ring is 1. The number of carbonyl (C=O) groups excluding carboxylic acids is 1. The summed E-state index contributed by atoms with van der Waals surface area (Å²) >= 11 is 0. The van der Waals surface area contributed by atoms with Gasteiger partial charge in [0.15, 0.2) is 0 Å². The molecule has 0 atom stereocenters. The van der Waals surface area contributed by atoms with E-state index in [1.165, 1.54) is 7.11 Å². The first-order valence-electron chi connectivity index (χ1n) is 5.49. The number of esters is 1. The van der Waals surface area contributed by atoms with E-state index in [9.17, 15) is 4.79 Å². The van der Waals surface area contributed by atoms with Gasteiger partial charge in [-0.15, -0.1) is 0 Å². The maximum Gasteiger partial charge on any atom is 0.307 e. The molecule has 2 N–H and O–H groups in total. The molecule has 2 rings (SSSR count). The van der Waals surface area contributed by atoms with Gasteiger partial charge in [-0.25, -0.2) is 9.97 Å². The first-order chi connectivity index (χ1) is 8.70. The maximum absolute atomic E-state index is 11.1. The third kappa shape index (κ3) is 2.65. The highest BCUT2D eigenvalue weighted by Crippen LogP contribution is 2.20. The average molecular weight is 246 g/mol. The Morgan fingerprint density at radius 1 is 1.56 bits per heavy atom. The summed E-state index contributed by atoms with van der Waals surface area (Å²) < 4.78 is 6.49. The fourth-order valence-electron chi connectivity index (χ4n) is 1.66. The number of imidazole rings is 1. The smallest absolute Gasteiger partial charge is 0.307 e. The second kappa shape index (κ2) is 5.31. The van der Waals surface area contributed by atoms with Crippen molar-refractivity contribution < 1.29 is 9.53 Å². The third-order valence-corrected chi connectivity index (χ3v) is 2.57. The Labute approximate surface area is 104 Å². The van der Waals surface area contributed by atoms with Crippen molar-refractivity contribution in [3.05, 3.63) is 30.9 Å². The lowest BCUT2D eigenvalue weighted by Gasteiger charge is -2.07. The molecule has 0 fully saturated rings. The third-order valence-electron chi connectivity index (χ3n) is 2.57. The second-order valence-electron chi connectivity index (χ2n) is 3.77. The van der Waals surface area contributed by atoms with Crippen LogP contribution >= 0.6 is 0 Å². The Morgan fingerprint density at radius 2 is 2.39 bits per heavy atom. The van der Waals surface area contributed by atoms with Crippen LogP contribution in [0.5, 0.6) is 0 Å². The van der Waals surface area contributed by atoms with E-state index in [1.54, 1.807) is 24.8 Å². The molecule has 2 aromatic rings. The van der Waals surface area contributed by atoms with E-state index < -0.39 is 0 Å². The number of aromatic nitrogens is 3. The minimum Gasteiger partial charge on any atom is -0.469 e. The number of rotatable bonds is 4. The standard InChI is InChI=1S/C12H14N4O2/c1-18-12(17)3-5-16-8-14-7-10(16)9-2-4-15-11(13)6-9/h2,4,6-8H,3,5H2,1H3,(H2,13,15). The van der Waals surface area contributed by atoms with E-state index in [0.717, 1.165) is 11.3 Å². The topological polar surface area (TPSA) is 83.0 Å². The highest BCUT2D eigenvalue weighted by atomic mass is 16.5. The second-order valence-corrected chi connectivity index (χ2v) is 3.77. The Kier molecular flexibility index (Phi) is 3.57. The monoisotopic (exact) mass is 246 g/mol. The molecule has 2 aromatic heterocycles. The molecule has 0 aromatic carbocycles. The van der Waals surface area contributed by atoms with Gasteiger partial charge in [0.1, 0.15) is 5.82 Å². The number of anilines is 1. The number of hydrogen-bond donors (Lipinski definition) is 1. The predicted molar refractivity (Wildman–Crippen MR) is 66.5 cm³/mol. The van der Waals surface area contributed by atoms with Gasteiger partial charge in [0.25, 0.3) is 0 Å². The van der Waals surface area contributed by atoms with Crippen molar-refractivity contribution >= 4 is 11.8 Å².